The molecule has 0 amide bonds. The van der Waals surface area contributed by atoms with E-state index < -0.39 is 52.5 Å². The lowest BCUT2D eigenvalue weighted by molar-refractivity contribution is -0.234. The maximum atomic E-state index is 13.9. The number of carboxylic acid groups (broad SMARTS) is 1. The average molecular weight is 615 g/mol. The summed E-state index contributed by atoms with van der Waals surface area (Å²) in [7, 11) is 0. The number of aliphatic carboxylic acids is 1. The van der Waals surface area contributed by atoms with Crippen LogP contribution in [0.1, 0.15) is 125 Å². The standard InChI is InChI=1S/C36H54O8/c1-20(29(38)39)7-25(31(41)44-32(3,4)34-12-22-10-26(17-34)28(37)27(11-22)18-34)8-21(2)30(40)43-33(5,6)35-13-23-9-24(14-35)16-36(42,15-23)19-35/h20-27,42H,7-19H2,1-6H3,(H,38,39). The smallest absolute Gasteiger partial charge is 0.309 e. The molecule has 7 atom stereocenters. The van der Waals surface area contributed by atoms with Gasteiger partial charge in [0.05, 0.1) is 23.4 Å². The fourth-order valence-electron chi connectivity index (χ4n) is 11.6. The molecule has 8 nitrogen and oxygen atoms in total. The molecule has 8 heteroatoms. The van der Waals surface area contributed by atoms with Gasteiger partial charge in [0.1, 0.15) is 17.0 Å². The van der Waals surface area contributed by atoms with E-state index in [1.807, 2.05) is 27.7 Å². The number of Topliss-reactive ketones (excluding diaryl/α,β-unsaturated/α-hetero) is 1. The van der Waals surface area contributed by atoms with E-state index in [1.165, 1.54) is 0 Å². The third-order valence-electron chi connectivity index (χ3n) is 13.7. The van der Waals surface area contributed by atoms with Crippen LogP contribution in [0.4, 0.5) is 0 Å². The maximum Gasteiger partial charge on any atom is 0.309 e. The lowest BCUT2D eigenvalue weighted by atomic mass is 9.44. The summed E-state index contributed by atoms with van der Waals surface area (Å²) in [4.78, 5) is 52.3. The maximum absolute atomic E-state index is 13.9. The Balaban J connectivity index is 1.15. The number of carbonyl (C=O) groups excluding carboxylic acids is 3. The first-order valence-electron chi connectivity index (χ1n) is 17.3. The van der Waals surface area contributed by atoms with Gasteiger partial charge in [-0.1, -0.05) is 13.8 Å². The molecular weight excluding hydrogens is 560 g/mol. The summed E-state index contributed by atoms with van der Waals surface area (Å²) in [5.74, 6) is -2.14. The van der Waals surface area contributed by atoms with E-state index in [-0.39, 0.29) is 35.5 Å². The molecule has 7 unspecified atom stereocenters. The molecule has 0 aliphatic heterocycles. The van der Waals surface area contributed by atoms with Gasteiger partial charge in [0.15, 0.2) is 0 Å². The van der Waals surface area contributed by atoms with Gasteiger partial charge in [0, 0.05) is 22.7 Å². The predicted molar refractivity (Wildman–Crippen MR) is 162 cm³/mol. The molecule has 0 saturated heterocycles. The number of aliphatic hydroxyl groups is 1. The quantitative estimate of drug-likeness (QED) is 0.267. The van der Waals surface area contributed by atoms with E-state index in [2.05, 4.69) is 0 Å². The van der Waals surface area contributed by atoms with E-state index >= 15 is 0 Å². The highest BCUT2D eigenvalue weighted by Gasteiger charge is 2.64. The number of carbonyl (C=O) groups is 4. The molecule has 8 aliphatic rings. The van der Waals surface area contributed by atoms with Crippen LogP contribution < -0.4 is 0 Å². The van der Waals surface area contributed by atoms with Gasteiger partial charge in [-0.25, -0.2) is 0 Å². The van der Waals surface area contributed by atoms with Crippen molar-refractivity contribution in [3.63, 3.8) is 0 Å². The molecule has 0 spiro atoms. The zero-order chi connectivity index (χ0) is 32.0. The van der Waals surface area contributed by atoms with Crippen molar-refractivity contribution in [1.82, 2.24) is 0 Å². The average Bonchev–Trinajstić information content (AvgIpc) is 2.88. The molecule has 0 aromatic heterocycles. The summed E-state index contributed by atoms with van der Waals surface area (Å²) in [6.45, 7) is 11.2. The van der Waals surface area contributed by atoms with Gasteiger partial charge in [0.25, 0.3) is 0 Å². The molecule has 8 aliphatic carbocycles. The second kappa shape index (κ2) is 10.5. The van der Waals surface area contributed by atoms with E-state index in [9.17, 15) is 29.4 Å². The summed E-state index contributed by atoms with van der Waals surface area (Å²) in [6, 6.07) is 0. The Kier molecular flexibility index (Phi) is 7.66. The summed E-state index contributed by atoms with van der Waals surface area (Å²) in [6.07, 6.45) is 9.91. The molecule has 8 fully saturated rings. The zero-order valence-corrected chi connectivity index (χ0v) is 27.7. The molecule has 246 valence electrons. The molecule has 0 aromatic carbocycles. The molecule has 44 heavy (non-hydrogen) atoms. The predicted octanol–water partition coefficient (Wildman–Crippen LogP) is 6.11. The van der Waals surface area contributed by atoms with Crippen molar-refractivity contribution in [1.29, 1.82) is 0 Å². The Morgan fingerprint density at radius 3 is 1.80 bits per heavy atom. The lowest BCUT2D eigenvalue weighted by Crippen LogP contribution is -2.63. The first kappa shape index (κ1) is 32.0. The van der Waals surface area contributed by atoms with Crippen LogP contribution >= 0.6 is 0 Å². The molecule has 8 saturated carbocycles. The van der Waals surface area contributed by atoms with Gasteiger partial charge in [-0.05, 0) is 129 Å². The van der Waals surface area contributed by atoms with Crippen molar-refractivity contribution >= 4 is 23.7 Å². The highest BCUT2D eigenvalue weighted by Crippen LogP contribution is 2.66. The Labute approximate surface area is 262 Å². The second-order valence-corrected chi connectivity index (χ2v) is 17.7. The SMILES string of the molecule is CC(CC(CC(C)C(=O)OC(C)(C)C12CC3CC(CC(O)(C3)C1)C2)C(=O)OC(C)(C)C12CC3CC(C1)C(=O)C(C3)C2)C(=O)O. The third-order valence-corrected chi connectivity index (χ3v) is 13.7. The van der Waals surface area contributed by atoms with Gasteiger partial charge < -0.3 is 19.7 Å². The fourth-order valence-corrected chi connectivity index (χ4v) is 11.6. The number of hydrogen-bond donors (Lipinski definition) is 2. The molecule has 2 N–H and O–H groups in total. The number of ketones is 1. The van der Waals surface area contributed by atoms with Crippen LogP contribution in [0.25, 0.3) is 0 Å². The van der Waals surface area contributed by atoms with Gasteiger partial charge in [-0.15, -0.1) is 0 Å². The second-order valence-electron chi connectivity index (χ2n) is 17.7. The van der Waals surface area contributed by atoms with Gasteiger partial charge in [0.2, 0.25) is 0 Å². The Bertz CT molecular complexity index is 1180. The number of hydrogen-bond acceptors (Lipinski definition) is 7. The van der Waals surface area contributed by atoms with Gasteiger partial charge in [-0.2, -0.15) is 0 Å². The fraction of sp³-hybridized carbons (Fsp3) is 0.889. The first-order chi connectivity index (χ1) is 20.4. The van der Waals surface area contributed by atoms with Crippen molar-refractivity contribution < 1.29 is 38.9 Å². The van der Waals surface area contributed by atoms with E-state index in [0.29, 0.717) is 30.0 Å². The first-order valence-corrected chi connectivity index (χ1v) is 17.3. The lowest BCUT2D eigenvalue weighted by Gasteiger charge is -2.64. The Morgan fingerprint density at radius 2 is 1.25 bits per heavy atom. The van der Waals surface area contributed by atoms with Crippen LogP contribution in [0.15, 0.2) is 0 Å². The summed E-state index contributed by atoms with van der Waals surface area (Å²) in [5.41, 5.74) is -2.77. The Hall–Kier alpha value is -1.96. The number of carboxylic acids is 1. The molecule has 8 bridgehead atoms. The van der Waals surface area contributed by atoms with Gasteiger partial charge in [-0.3, -0.25) is 19.2 Å². The largest absolute Gasteiger partial charge is 0.481 e. The van der Waals surface area contributed by atoms with E-state index in [1.54, 1.807) is 13.8 Å². The van der Waals surface area contributed by atoms with E-state index in [4.69, 9.17) is 9.47 Å². The highest BCUT2D eigenvalue weighted by atomic mass is 16.6. The van der Waals surface area contributed by atoms with Crippen molar-refractivity contribution in [2.24, 2.45) is 58.2 Å². The normalized spacial score (nSPS) is 40.9. The molecule has 0 heterocycles. The van der Waals surface area contributed by atoms with Crippen molar-refractivity contribution in [2.75, 3.05) is 0 Å². The summed E-state index contributed by atoms with van der Waals surface area (Å²) < 4.78 is 12.6. The zero-order valence-electron chi connectivity index (χ0n) is 27.7. The number of esters is 2. The van der Waals surface area contributed by atoms with E-state index in [0.717, 1.165) is 64.2 Å². The van der Waals surface area contributed by atoms with Crippen LogP contribution in [0.2, 0.25) is 0 Å². The van der Waals surface area contributed by atoms with Crippen molar-refractivity contribution in [2.45, 2.75) is 142 Å². The van der Waals surface area contributed by atoms with Crippen molar-refractivity contribution in [3.05, 3.63) is 0 Å². The number of ether oxygens (including phenoxy) is 2. The monoisotopic (exact) mass is 614 g/mol. The minimum atomic E-state index is -0.988. The highest BCUT2D eigenvalue weighted by molar-refractivity contribution is 5.86. The van der Waals surface area contributed by atoms with Crippen LogP contribution in [0.3, 0.4) is 0 Å². The molecule has 8 rings (SSSR count). The minimum absolute atomic E-state index is 0.0508. The number of rotatable bonds is 11. The van der Waals surface area contributed by atoms with Crippen LogP contribution in [-0.2, 0) is 28.7 Å². The van der Waals surface area contributed by atoms with Crippen molar-refractivity contribution in [3.8, 4) is 0 Å². The van der Waals surface area contributed by atoms with Crippen LogP contribution in [0, 0.1) is 58.2 Å². The Morgan fingerprint density at radius 1 is 0.750 bits per heavy atom. The molecular formula is C36H54O8. The topological polar surface area (TPSA) is 127 Å². The molecule has 0 aromatic rings. The van der Waals surface area contributed by atoms with Gasteiger partial charge >= 0.3 is 17.9 Å². The van der Waals surface area contributed by atoms with Crippen LogP contribution in [-0.4, -0.2) is 50.7 Å². The third kappa shape index (κ3) is 5.33. The van der Waals surface area contributed by atoms with Crippen LogP contribution in [0.5, 0.6) is 0 Å². The summed E-state index contributed by atoms with van der Waals surface area (Å²) in [5, 5.41) is 21.0. The molecule has 0 radical (unpaired) electrons. The minimum Gasteiger partial charge on any atom is -0.481 e. The summed E-state index contributed by atoms with van der Waals surface area (Å²) >= 11 is 0.